The zero-order valence-corrected chi connectivity index (χ0v) is 20.2. The lowest BCUT2D eigenvalue weighted by Crippen LogP contribution is -2.31. The summed E-state index contributed by atoms with van der Waals surface area (Å²) >= 11 is 0. The molecule has 0 spiro atoms. The van der Waals surface area contributed by atoms with Gasteiger partial charge in [0.05, 0.1) is 5.39 Å². The van der Waals surface area contributed by atoms with Crippen molar-refractivity contribution in [2.24, 2.45) is 0 Å². The van der Waals surface area contributed by atoms with Crippen LogP contribution in [0.15, 0.2) is 27.6 Å². The summed E-state index contributed by atoms with van der Waals surface area (Å²) in [5, 5.41) is 0.662. The number of furan rings is 1. The number of unbranched alkanes of at least 4 members (excludes halogenated alkanes) is 6. The Bertz CT molecular complexity index is 1060. The normalized spacial score (nSPS) is 20.3. The molecule has 1 aliphatic rings. The van der Waals surface area contributed by atoms with E-state index < -0.39 is 36.1 Å². The number of fused-ring (bicyclic) bond motifs is 1. The molecule has 0 radical (unpaired) electrons. The molecule has 3 heterocycles. The van der Waals surface area contributed by atoms with Crippen molar-refractivity contribution in [3.63, 3.8) is 0 Å². The van der Waals surface area contributed by atoms with Gasteiger partial charge in [-0.25, -0.2) is 4.79 Å². The van der Waals surface area contributed by atoms with Gasteiger partial charge in [0.15, 0.2) is 0 Å². The Labute approximate surface area is 199 Å². The number of nitrogens with zero attached hydrogens (tertiary/aromatic N) is 2. The third-order valence-electron chi connectivity index (χ3n) is 5.72. The van der Waals surface area contributed by atoms with Crippen molar-refractivity contribution in [1.82, 2.24) is 9.55 Å². The van der Waals surface area contributed by atoms with Gasteiger partial charge in [-0.05, 0) is 25.0 Å². The fourth-order valence-corrected chi connectivity index (χ4v) is 4.03. The van der Waals surface area contributed by atoms with E-state index in [1.165, 1.54) is 50.5 Å². The number of aromatic nitrogens is 2. The number of allylic oxidation sites excluding steroid dienone is 1. The highest BCUT2D eigenvalue weighted by atomic mass is 16.6. The number of rotatable bonds is 12. The molecule has 0 bridgehead atoms. The van der Waals surface area contributed by atoms with Gasteiger partial charge in [-0.1, -0.05) is 45.1 Å². The summed E-state index contributed by atoms with van der Waals surface area (Å²) < 4.78 is 23.3. The van der Waals surface area contributed by atoms with E-state index in [1.54, 1.807) is 6.20 Å². The third kappa shape index (κ3) is 7.28. The number of hydrogen-bond acceptors (Lipinski definition) is 8. The molecule has 34 heavy (non-hydrogen) atoms. The molecule has 0 N–H and O–H groups in total. The van der Waals surface area contributed by atoms with Crippen LogP contribution in [0, 0.1) is 0 Å². The molecule has 0 amide bonds. The van der Waals surface area contributed by atoms with Crippen LogP contribution in [0.3, 0.4) is 0 Å². The van der Waals surface area contributed by atoms with Crippen LogP contribution in [0.2, 0.25) is 0 Å². The lowest BCUT2D eigenvalue weighted by molar-refractivity contribution is -0.155. The highest BCUT2D eigenvalue weighted by Gasteiger charge is 2.39. The van der Waals surface area contributed by atoms with Crippen molar-refractivity contribution < 1.29 is 28.2 Å². The highest BCUT2D eigenvalue weighted by molar-refractivity contribution is 5.75. The van der Waals surface area contributed by atoms with E-state index >= 15 is 0 Å². The van der Waals surface area contributed by atoms with Crippen molar-refractivity contribution in [2.45, 2.75) is 90.6 Å². The van der Waals surface area contributed by atoms with Gasteiger partial charge < -0.3 is 18.6 Å². The van der Waals surface area contributed by atoms with E-state index in [4.69, 9.17) is 18.6 Å². The van der Waals surface area contributed by atoms with Gasteiger partial charge in [0, 0.05) is 26.5 Å². The number of carbonyl (C=O) groups excluding carboxylic acids is 2. The van der Waals surface area contributed by atoms with Crippen molar-refractivity contribution >= 4 is 29.1 Å². The third-order valence-corrected chi connectivity index (χ3v) is 5.72. The van der Waals surface area contributed by atoms with E-state index in [2.05, 4.69) is 18.0 Å². The van der Waals surface area contributed by atoms with E-state index in [0.717, 1.165) is 12.8 Å². The van der Waals surface area contributed by atoms with Gasteiger partial charge in [-0.2, -0.15) is 4.98 Å². The second-order valence-electron chi connectivity index (χ2n) is 8.61. The SMILES string of the molecule is CCCCCCCC/C=C/c1cc2cn([C@H]3C[C@H](OC(C)=O)[C@@H](COC(C)=O)O3)c(=O)nc2o1. The molecular weight excluding hydrogens is 440 g/mol. The summed E-state index contributed by atoms with van der Waals surface area (Å²) in [6.07, 6.45) is 12.3. The Morgan fingerprint density at radius 1 is 1.18 bits per heavy atom. The molecule has 186 valence electrons. The first-order valence-corrected chi connectivity index (χ1v) is 12.0. The molecule has 1 fully saturated rings. The summed E-state index contributed by atoms with van der Waals surface area (Å²) in [7, 11) is 0. The molecule has 9 nitrogen and oxygen atoms in total. The average Bonchev–Trinajstić information content (AvgIpc) is 3.36. The van der Waals surface area contributed by atoms with Crippen molar-refractivity contribution in [3.05, 3.63) is 34.6 Å². The second-order valence-corrected chi connectivity index (χ2v) is 8.61. The maximum Gasteiger partial charge on any atom is 0.353 e. The summed E-state index contributed by atoms with van der Waals surface area (Å²) in [6, 6.07) is 1.82. The first-order valence-electron chi connectivity index (χ1n) is 12.0. The summed E-state index contributed by atoms with van der Waals surface area (Å²) in [4.78, 5) is 39.3. The molecule has 0 saturated carbocycles. The Morgan fingerprint density at radius 2 is 1.94 bits per heavy atom. The van der Waals surface area contributed by atoms with Gasteiger partial charge >= 0.3 is 17.6 Å². The Kier molecular flexibility index (Phi) is 9.44. The van der Waals surface area contributed by atoms with Crippen LogP contribution in [-0.2, 0) is 23.8 Å². The van der Waals surface area contributed by atoms with Gasteiger partial charge in [-0.15, -0.1) is 0 Å². The summed E-state index contributed by atoms with van der Waals surface area (Å²) in [5.74, 6) is -0.317. The van der Waals surface area contributed by atoms with Gasteiger partial charge in [0.2, 0.25) is 5.71 Å². The minimum Gasteiger partial charge on any atom is -0.463 e. The lowest BCUT2D eigenvalue weighted by Gasteiger charge is -2.17. The Morgan fingerprint density at radius 3 is 2.68 bits per heavy atom. The highest BCUT2D eigenvalue weighted by Crippen LogP contribution is 2.31. The maximum atomic E-state index is 12.6. The van der Waals surface area contributed by atoms with Crippen LogP contribution in [0.1, 0.15) is 84.1 Å². The van der Waals surface area contributed by atoms with Gasteiger partial charge in [0.25, 0.3) is 0 Å². The number of esters is 2. The van der Waals surface area contributed by atoms with Crippen LogP contribution in [-0.4, -0.2) is 40.3 Å². The maximum absolute atomic E-state index is 12.6. The van der Waals surface area contributed by atoms with Crippen molar-refractivity contribution in [1.29, 1.82) is 0 Å². The summed E-state index contributed by atoms with van der Waals surface area (Å²) in [5.41, 5.74) is -0.282. The Hall–Kier alpha value is -2.94. The zero-order chi connectivity index (χ0) is 24.5. The average molecular weight is 475 g/mol. The van der Waals surface area contributed by atoms with Crippen LogP contribution in [0.5, 0.6) is 0 Å². The molecule has 0 unspecified atom stereocenters. The van der Waals surface area contributed by atoms with Gasteiger partial charge in [0.1, 0.15) is 30.8 Å². The standard InChI is InChI=1S/C25H34N2O7/c1-4-5-6-7-8-9-10-11-12-20-13-19-15-27(25(30)26-24(19)33-20)23-14-21(32-18(3)29)22(34-23)16-31-17(2)28/h11-13,15,21-23H,4-10,14,16H2,1-3H3/b12-11+/t21-,22+,23+/m0/s1. The van der Waals surface area contributed by atoms with Crippen LogP contribution in [0.4, 0.5) is 0 Å². The van der Waals surface area contributed by atoms with E-state index in [9.17, 15) is 14.4 Å². The topological polar surface area (TPSA) is 110 Å². The first-order chi connectivity index (χ1) is 16.4. The monoisotopic (exact) mass is 474 g/mol. The zero-order valence-electron chi connectivity index (χ0n) is 20.2. The fourth-order valence-electron chi connectivity index (χ4n) is 4.03. The van der Waals surface area contributed by atoms with Crippen LogP contribution in [0.25, 0.3) is 17.2 Å². The van der Waals surface area contributed by atoms with Gasteiger partial charge in [-0.3, -0.25) is 14.2 Å². The van der Waals surface area contributed by atoms with E-state index in [1.807, 2.05) is 12.1 Å². The molecule has 0 aliphatic carbocycles. The predicted octanol–water partition coefficient (Wildman–Crippen LogP) is 4.54. The predicted molar refractivity (Wildman–Crippen MR) is 126 cm³/mol. The molecule has 0 aromatic carbocycles. The fraction of sp³-hybridized carbons (Fsp3) is 0.600. The molecule has 2 aromatic rings. The second kappa shape index (κ2) is 12.5. The molecule has 1 aliphatic heterocycles. The van der Waals surface area contributed by atoms with Crippen LogP contribution < -0.4 is 5.69 Å². The summed E-state index contributed by atoms with van der Waals surface area (Å²) in [6.45, 7) is 4.72. The lowest BCUT2D eigenvalue weighted by atomic mass is 10.1. The number of ether oxygens (including phenoxy) is 3. The molecule has 9 heteroatoms. The minimum absolute atomic E-state index is 0.0759. The van der Waals surface area contributed by atoms with Crippen molar-refractivity contribution in [2.75, 3.05) is 6.61 Å². The minimum atomic E-state index is -0.712. The van der Waals surface area contributed by atoms with E-state index in [-0.39, 0.29) is 18.7 Å². The molecular formula is C25H34N2O7. The largest absolute Gasteiger partial charge is 0.463 e. The smallest absolute Gasteiger partial charge is 0.353 e. The van der Waals surface area contributed by atoms with E-state index in [0.29, 0.717) is 11.1 Å². The molecule has 1 saturated heterocycles. The van der Waals surface area contributed by atoms with Crippen LogP contribution >= 0.6 is 0 Å². The number of carbonyl (C=O) groups is 2. The van der Waals surface area contributed by atoms with Crippen molar-refractivity contribution in [3.8, 4) is 0 Å². The quantitative estimate of drug-likeness (QED) is 0.326. The molecule has 2 aromatic heterocycles. The first kappa shape index (κ1) is 25.7. The number of hydrogen-bond donors (Lipinski definition) is 0. The molecule has 3 rings (SSSR count). The molecule has 3 atom stereocenters. The Balaban J connectivity index is 1.66.